The SMILES string of the molecule is CCCNC(=O)CNc1ccnc2cc(N)ccc12. The van der Waals surface area contributed by atoms with Gasteiger partial charge >= 0.3 is 0 Å². The van der Waals surface area contributed by atoms with Crippen LogP contribution >= 0.6 is 0 Å². The summed E-state index contributed by atoms with van der Waals surface area (Å²) >= 11 is 0. The monoisotopic (exact) mass is 258 g/mol. The van der Waals surface area contributed by atoms with Crippen molar-refractivity contribution in [3.8, 4) is 0 Å². The number of hydrogen-bond donors (Lipinski definition) is 3. The van der Waals surface area contributed by atoms with E-state index < -0.39 is 0 Å². The molecule has 2 rings (SSSR count). The van der Waals surface area contributed by atoms with Gasteiger partial charge in [-0.15, -0.1) is 0 Å². The Morgan fingerprint density at radius 1 is 1.37 bits per heavy atom. The van der Waals surface area contributed by atoms with Crippen LogP contribution in [0, 0.1) is 0 Å². The third kappa shape index (κ3) is 3.34. The van der Waals surface area contributed by atoms with E-state index in [1.54, 1.807) is 6.20 Å². The number of aromatic nitrogens is 1. The first-order valence-corrected chi connectivity index (χ1v) is 6.35. The molecule has 1 heterocycles. The van der Waals surface area contributed by atoms with E-state index in [2.05, 4.69) is 15.6 Å². The van der Waals surface area contributed by atoms with Gasteiger partial charge in [0.05, 0.1) is 12.1 Å². The maximum Gasteiger partial charge on any atom is 0.239 e. The van der Waals surface area contributed by atoms with Crippen molar-refractivity contribution in [2.75, 3.05) is 24.1 Å². The molecule has 1 aromatic carbocycles. The Kier molecular flexibility index (Phi) is 4.18. The largest absolute Gasteiger partial charge is 0.399 e. The molecule has 0 bridgehead atoms. The molecule has 0 aliphatic rings. The summed E-state index contributed by atoms with van der Waals surface area (Å²) in [6.45, 7) is 2.98. The fourth-order valence-electron chi connectivity index (χ4n) is 1.82. The maximum atomic E-state index is 11.6. The van der Waals surface area contributed by atoms with Crippen LogP contribution in [0.5, 0.6) is 0 Å². The van der Waals surface area contributed by atoms with E-state index in [1.807, 2.05) is 31.2 Å². The molecule has 0 saturated carbocycles. The van der Waals surface area contributed by atoms with Crippen LogP contribution in [0.1, 0.15) is 13.3 Å². The van der Waals surface area contributed by atoms with Crippen molar-refractivity contribution in [3.63, 3.8) is 0 Å². The van der Waals surface area contributed by atoms with Crippen molar-refractivity contribution in [1.29, 1.82) is 0 Å². The molecule has 0 fully saturated rings. The van der Waals surface area contributed by atoms with Gasteiger partial charge in [-0.1, -0.05) is 6.92 Å². The van der Waals surface area contributed by atoms with Crippen LogP contribution in [0.4, 0.5) is 11.4 Å². The third-order valence-corrected chi connectivity index (χ3v) is 2.78. The lowest BCUT2D eigenvalue weighted by atomic mass is 10.1. The number of fused-ring (bicyclic) bond motifs is 1. The fraction of sp³-hybridized carbons (Fsp3) is 0.286. The topological polar surface area (TPSA) is 80.0 Å². The number of benzene rings is 1. The van der Waals surface area contributed by atoms with Gasteiger partial charge in [0.15, 0.2) is 0 Å². The van der Waals surface area contributed by atoms with Gasteiger partial charge in [0, 0.05) is 29.5 Å². The average Bonchev–Trinajstić information content (AvgIpc) is 2.42. The number of pyridine rings is 1. The predicted molar refractivity (Wildman–Crippen MR) is 77.9 cm³/mol. The number of nitrogens with one attached hydrogen (secondary N) is 2. The second kappa shape index (κ2) is 6.04. The molecular weight excluding hydrogens is 240 g/mol. The number of nitrogens with two attached hydrogens (primary N) is 1. The lowest BCUT2D eigenvalue weighted by molar-refractivity contribution is -0.119. The summed E-state index contributed by atoms with van der Waals surface area (Å²) in [5.41, 5.74) is 8.11. The van der Waals surface area contributed by atoms with Gasteiger partial charge in [0.1, 0.15) is 0 Å². The number of rotatable bonds is 5. The van der Waals surface area contributed by atoms with Crippen molar-refractivity contribution < 1.29 is 4.79 Å². The molecule has 100 valence electrons. The molecule has 4 N–H and O–H groups in total. The molecule has 1 amide bonds. The van der Waals surface area contributed by atoms with E-state index in [0.717, 1.165) is 23.0 Å². The van der Waals surface area contributed by atoms with Crippen LogP contribution in [-0.2, 0) is 4.79 Å². The van der Waals surface area contributed by atoms with Crippen LogP contribution in [0.25, 0.3) is 10.9 Å². The number of amides is 1. The minimum absolute atomic E-state index is 0.0118. The van der Waals surface area contributed by atoms with Gasteiger partial charge in [-0.25, -0.2) is 0 Å². The zero-order valence-electron chi connectivity index (χ0n) is 10.9. The number of anilines is 2. The predicted octanol–water partition coefficient (Wildman–Crippen LogP) is 1.76. The molecule has 5 heteroatoms. The number of carbonyl (C=O) groups excluding carboxylic acids is 1. The molecule has 0 atom stereocenters. The lowest BCUT2D eigenvalue weighted by Gasteiger charge is -2.09. The van der Waals surface area contributed by atoms with Gasteiger partial charge in [-0.3, -0.25) is 9.78 Å². The summed E-state index contributed by atoms with van der Waals surface area (Å²) in [6.07, 6.45) is 2.64. The normalized spacial score (nSPS) is 10.4. The highest BCUT2D eigenvalue weighted by Crippen LogP contribution is 2.22. The van der Waals surface area contributed by atoms with E-state index in [1.165, 1.54) is 0 Å². The van der Waals surface area contributed by atoms with E-state index in [4.69, 9.17) is 5.73 Å². The van der Waals surface area contributed by atoms with Gasteiger partial charge < -0.3 is 16.4 Å². The summed E-state index contributed by atoms with van der Waals surface area (Å²) in [5.74, 6) is -0.0118. The molecule has 0 radical (unpaired) electrons. The van der Waals surface area contributed by atoms with Crippen LogP contribution in [0.2, 0.25) is 0 Å². The summed E-state index contributed by atoms with van der Waals surface area (Å²) in [5, 5.41) is 6.90. The smallest absolute Gasteiger partial charge is 0.239 e. The van der Waals surface area contributed by atoms with Gasteiger partial charge in [-0.2, -0.15) is 0 Å². The quantitative estimate of drug-likeness (QED) is 0.714. The minimum Gasteiger partial charge on any atom is -0.399 e. The summed E-state index contributed by atoms with van der Waals surface area (Å²) < 4.78 is 0. The molecule has 0 saturated heterocycles. The number of nitrogen functional groups attached to an aromatic ring is 1. The second-order valence-electron chi connectivity index (χ2n) is 4.34. The molecular formula is C14H18N4O. The number of nitrogens with zero attached hydrogens (tertiary/aromatic N) is 1. The average molecular weight is 258 g/mol. The summed E-state index contributed by atoms with van der Waals surface area (Å²) in [4.78, 5) is 15.8. The highest BCUT2D eigenvalue weighted by molar-refractivity contribution is 5.94. The molecule has 19 heavy (non-hydrogen) atoms. The van der Waals surface area contributed by atoms with Crippen LogP contribution in [0.3, 0.4) is 0 Å². The van der Waals surface area contributed by atoms with Crippen molar-refractivity contribution in [1.82, 2.24) is 10.3 Å². The zero-order valence-corrected chi connectivity index (χ0v) is 10.9. The second-order valence-corrected chi connectivity index (χ2v) is 4.34. The summed E-state index contributed by atoms with van der Waals surface area (Å²) in [6, 6.07) is 7.40. The van der Waals surface area contributed by atoms with Crippen molar-refractivity contribution >= 4 is 28.2 Å². The van der Waals surface area contributed by atoms with Crippen LogP contribution < -0.4 is 16.4 Å². The van der Waals surface area contributed by atoms with Gasteiger partial charge in [-0.05, 0) is 30.7 Å². The Hall–Kier alpha value is -2.30. The lowest BCUT2D eigenvalue weighted by Crippen LogP contribution is -2.30. The minimum atomic E-state index is -0.0118. The first-order chi connectivity index (χ1) is 9.20. The Balaban J connectivity index is 2.10. The third-order valence-electron chi connectivity index (χ3n) is 2.78. The highest BCUT2D eigenvalue weighted by atomic mass is 16.1. The van der Waals surface area contributed by atoms with Crippen molar-refractivity contribution in [2.24, 2.45) is 0 Å². The molecule has 0 unspecified atom stereocenters. The molecule has 5 nitrogen and oxygen atoms in total. The van der Waals surface area contributed by atoms with Crippen molar-refractivity contribution in [3.05, 3.63) is 30.5 Å². The van der Waals surface area contributed by atoms with Gasteiger partial charge in [0.2, 0.25) is 5.91 Å². The molecule has 0 aliphatic carbocycles. The van der Waals surface area contributed by atoms with E-state index >= 15 is 0 Å². The van der Waals surface area contributed by atoms with Crippen LogP contribution in [0.15, 0.2) is 30.5 Å². The Bertz CT molecular complexity index is 583. The standard InChI is InChI=1S/C14H18N4O/c1-2-6-17-14(19)9-18-12-5-7-16-13-8-10(15)3-4-11(12)13/h3-5,7-8H,2,6,9,15H2,1H3,(H,16,18)(H,17,19). The first kappa shape index (κ1) is 13.1. The molecule has 0 spiro atoms. The maximum absolute atomic E-state index is 11.6. The highest BCUT2D eigenvalue weighted by Gasteiger charge is 2.04. The fourth-order valence-corrected chi connectivity index (χ4v) is 1.82. The van der Waals surface area contributed by atoms with E-state index in [0.29, 0.717) is 12.2 Å². The molecule has 1 aromatic heterocycles. The van der Waals surface area contributed by atoms with E-state index in [-0.39, 0.29) is 12.5 Å². The van der Waals surface area contributed by atoms with E-state index in [9.17, 15) is 4.79 Å². The van der Waals surface area contributed by atoms with Crippen molar-refractivity contribution in [2.45, 2.75) is 13.3 Å². The van der Waals surface area contributed by atoms with Crippen LogP contribution in [-0.4, -0.2) is 24.0 Å². The summed E-state index contributed by atoms with van der Waals surface area (Å²) in [7, 11) is 0. The Morgan fingerprint density at radius 3 is 3.00 bits per heavy atom. The molecule has 0 aliphatic heterocycles. The Labute approximate surface area is 112 Å². The number of carbonyl (C=O) groups is 1. The first-order valence-electron chi connectivity index (χ1n) is 6.35. The Morgan fingerprint density at radius 2 is 2.21 bits per heavy atom. The number of hydrogen-bond acceptors (Lipinski definition) is 4. The van der Waals surface area contributed by atoms with Gasteiger partial charge in [0.25, 0.3) is 0 Å². The zero-order chi connectivity index (χ0) is 13.7. The molecule has 2 aromatic rings.